The molecule has 2 aromatic carbocycles. The molecule has 2 atom stereocenters. The Bertz CT molecular complexity index is 766. The maximum Gasteiger partial charge on any atom is 0.335 e. The SMILES string of the molecule is O=C1N[C@@H](c2cccc(C(=O)O)c2)[C@H](c2cccc(C(=O)O)c2)N1. The minimum atomic E-state index is -1.06. The van der Waals surface area contributed by atoms with Crippen LogP contribution in [0.15, 0.2) is 48.5 Å². The number of aromatic carboxylic acids is 2. The first kappa shape index (κ1) is 15.5. The molecule has 1 saturated heterocycles. The molecule has 0 bridgehead atoms. The van der Waals surface area contributed by atoms with E-state index >= 15 is 0 Å². The van der Waals surface area contributed by atoms with E-state index < -0.39 is 30.1 Å². The van der Waals surface area contributed by atoms with Gasteiger partial charge in [0.15, 0.2) is 0 Å². The summed E-state index contributed by atoms with van der Waals surface area (Å²) in [5, 5.41) is 23.7. The number of carbonyl (C=O) groups is 3. The Kier molecular flexibility index (Phi) is 3.91. The highest BCUT2D eigenvalue weighted by molar-refractivity contribution is 5.88. The van der Waals surface area contributed by atoms with Gasteiger partial charge in [-0.15, -0.1) is 0 Å². The second-order valence-corrected chi connectivity index (χ2v) is 5.43. The van der Waals surface area contributed by atoms with Crippen molar-refractivity contribution in [1.29, 1.82) is 0 Å². The van der Waals surface area contributed by atoms with E-state index in [4.69, 9.17) is 10.2 Å². The highest BCUT2D eigenvalue weighted by Gasteiger charge is 2.34. The number of benzene rings is 2. The van der Waals surface area contributed by atoms with Gasteiger partial charge in [0.05, 0.1) is 23.2 Å². The third-order valence-corrected chi connectivity index (χ3v) is 3.89. The molecule has 2 aromatic rings. The summed E-state index contributed by atoms with van der Waals surface area (Å²) in [6.45, 7) is 0. The number of urea groups is 1. The fourth-order valence-electron chi connectivity index (χ4n) is 2.77. The number of hydrogen-bond acceptors (Lipinski definition) is 3. The molecule has 0 radical (unpaired) electrons. The number of rotatable bonds is 4. The van der Waals surface area contributed by atoms with Crippen molar-refractivity contribution >= 4 is 18.0 Å². The molecule has 4 N–H and O–H groups in total. The monoisotopic (exact) mass is 326 g/mol. The molecule has 1 aliphatic rings. The van der Waals surface area contributed by atoms with Gasteiger partial charge in [-0.3, -0.25) is 0 Å². The van der Waals surface area contributed by atoms with Crippen LogP contribution in [0.4, 0.5) is 4.79 Å². The van der Waals surface area contributed by atoms with Crippen LogP contribution in [-0.2, 0) is 0 Å². The van der Waals surface area contributed by atoms with Crippen molar-refractivity contribution in [3.05, 3.63) is 70.8 Å². The predicted octanol–water partition coefficient (Wildman–Crippen LogP) is 2.18. The third kappa shape index (κ3) is 2.91. The van der Waals surface area contributed by atoms with Crippen molar-refractivity contribution in [3.63, 3.8) is 0 Å². The van der Waals surface area contributed by atoms with Crippen LogP contribution in [0.1, 0.15) is 43.9 Å². The lowest BCUT2D eigenvalue weighted by molar-refractivity contribution is 0.0686. The van der Waals surface area contributed by atoms with E-state index in [9.17, 15) is 14.4 Å². The fourth-order valence-corrected chi connectivity index (χ4v) is 2.77. The number of carboxylic acid groups (broad SMARTS) is 2. The smallest absolute Gasteiger partial charge is 0.335 e. The molecule has 122 valence electrons. The largest absolute Gasteiger partial charge is 0.478 e. The first-order valence-electron chi connectivity index (χ1n) is 7.19. The second kappa shape index (κ2) is 6.04. The van der Waals surface area contributed by atoms with E-state index in [2.05, 4.69) is 10.6 Å². The van der Waals surface area contributed by atoms with Crippen molar-refractivity contribution in [3.8, 4) is 0 Å². The molecule has 2 amide bonds. The van der Waals surface area contributed by atoms with Crippen molar-refractivity contribution in [2.45, 2.75) is 12.1 Å². The average Bonchev–Trinajstić information content (AvgIpc) is 2.97. The molecule has 1 aliphatic heterocycles. The molecular weight excluding hydrogens is 312 g/mol. The molecule has 1 heterocycles. The van der Waals surface area contributed by atoms with Crippen LogP contribution in [0.2, 0.25) is 0 Å². The third-order valence-electron chi connectivity index (χ3n) is 3.89. The van der Waals surface area contributed by atoms with E-state index in [1.807, 2.05) is 0 Å². The Morgan fingerprint density at radius 3 is 1.58 bits per heavy atom. The van der Waals surface area contributed by atoms with Crippen LogP contribution in [-0.4, -0.2) is 28.2 Å². The quantitative estimate of drug-likeness (QED) is 0.687. The number of nitrogens with one attached hydrogen (secondary N) is 2. The van der Waals surface area contributed by atoms with E-state index in [1.54, 1.807) is 24.3 Å². The van der Waals surface area contributed by atoms with Gasteiger partial charge in [-0.2, -0.15) is 0 Å². The Balaban J connectivity index is 1.99. The van der Waals surface area contributed by atoms with Gasteiger partial charge in [0.25, 0.3) is 0 Å². The lowest BCUT2D eigenvalue weighted by atomic mass is 9.93. The predicted molar refractivity (Wildman–Crippen MR) is 84.0 cm³/mol. The Labute approximate surface area is 136 Å². The molecule has 0 spiro atoms. The number of hydrogen-bond donors (Lipinski definition) is 4. The first-order chi connectivity index (χ1) is 11.5. The lowest BCUT2D eigenvalue weighted by Crippen LogP contribution is -2.22. The van der Waals surface area contributed by atoms with E-state index in [-0.39, 0.29) is 11.1 Å². The van der Waals surface area contributed by atoms with E-state index in [1.165, 1.54) is 24.3 Å². The van der Waals surface area contributed by atoms with Crippen LogP contribution in [0, 0.1) is 0 Å². The summed E-state index contributed by atoms with van der Waals surface area (Å²) in [6, 6.07) is 11.2. The normalized spacial score (nSPS) is 19.4. The molecule has 7 heteroatoms. The topological polar surface area (TPSA) is 116 Å². The van der Waals surface area contributed by atoms with Crippen LogP contribution in [0.25, 0.3) is 0 Å². The summed E-state index contributed by atoms with van der Waals surface area (Å²) in [5.41, 5.74) is 1.48. The van der Waals surface area contributed by atoms with Crippen molar-refractivity contribution in [2.75, 3.05) is 0 Å². The molecule has 1 fully saturated rings. The molecular formula is C17H14N2O5. The number of carbonyl (C=O) groups excluding carboxylic acids is 1. The molecule has 0 unspecified atom stereocenters. The highest BCUT2D eigenvalue weighted by Crippen LogP contribution is 2.33. The van der Waals surface area contributed by atoms with Gasteiger partial charge in [0.2, 0.25) is 0 Å². The van der Waals surface area contributed by atoms with Gasteiger partial charge in [0.1, 0.15) is 0 Å². The Morgan fingerprint density at radius 1 is 0.792 bits per heavy atom. The van der Waals surface area contributed by atoms with Crippen LogP contribution in [0.3, 0.4) is 0 Å². The zero-order valence-corrected chi connectivity index (χ0v) is 12.4. The van der Waals surface area contributed by atoms with Gasteiger partial charge >= 0.3 is 18.0 Å². The average molecular weight is 326 g/mol. The van der Waals surface area contributed by atoms with Crippen LogP contribution >= 0.6 is 0 Å². The Hall–Kier alpha value is -3.35. The number of amides is 2. The molecule has 0 aromatic heterocycles. The van der Waals surface area contributed by atoms with Crippen molar-refractivity contribution < 1.29 is 24.6 Å². The zero-order valence-electron chi connectivity index (χ0n) is 12.4. The lowest BCUT2D eigenvalue weighted by Gasteiger charge is -2.20. The summed E-state index contributed by atoms with van der Waals surface area (Å²) in [4.78, 5) is 34.1. The van der Waals surface area contributed by atoms with Crippen LogP contribution in [0.5, 0.6) is 0 Å². The fraction of sp³-hybridized carbons (Fsp3) is 0.118. The maximum absolute atomic E-state index is 11.8. The van der Waals surface area contributed by atoms with E-state index in [0.29, 0.717) is 11.1 Å². The minimum absolute atomic E-state index is 0.117. The van der Waals surface area contributed by atoms with E-state index in [0.717, 1.165) is 0 Å². The molecule has 24 heavy (non-hydrogen) atoms. The summed E-state index contributed by atoms with van der Waals surface area (Å²) >= 11 is 0. The maximum atomic E-state index is 11.8. The van der Waals surface area contributed by atoms with Gasteiger partial charge in [-0.25, -0.2) is 14.4 Å². The second-order valence-electron chi connectivity index (χ2n) is 5.43. The first-order valence-corrected chi connectivity index (χ1v) is 7.19. The summed E-state index contributed by atoms with van der Waals surface area (Å²) in [6.07, 6.45) is 0. The van der Waals surface area contributed by atoms with Crippen molar-refractivity contribution in [2.24, 2.45) is 0 Å². The minimum Gasteiger partial charge on any atom is -0.478 e. The number of carboxylic acids is 2. The van der Waals surface area contributed by atoms with Gasteiger partial charge < -0.3 is 20.8 Å². The molecule has 0 saturated carbocycles. The summed E-state index contributed by atoms with van der Waals surface area (Å²) in [7, 11) is 0. The Morgan fingerprint density at radius 2 is 1.21 bits per heavy atom. The van der Waals surface area contributed by atoms with Crippen LogP contribution < -0.4 is 10.6 Å². The van der Waals surface area contributed by atoms with Crippen molar-refractivity contribution in [1.82, 2.24) is 10.6 Å². The summed E-state index contributed by atoms with van der Waals surface area (Å²) in [5.74, 6) is -2.11. The van der Waals surface area contributed by atoms with Gasteiger partial charge in [0, 0.05) is 0 Å². The van der Waals surface area contributed by atoms with Gasteiger partial charge in [-0.05, 0) is 35.4 Å². The standard InChI is InChI=1S/C17H14N2O5/c20-15(21)11-5-1-3-9(7-11)13-14(19-17(24)18-13)10-4-2-6-12(8-10)16(22)23/h1-8,13-14H,(H,20,21)(H,22,23)(H2,18,19,24)/t13-,14-/m0/s1. The molecule has 0 aliphatic carbocycles. The van der Waals surface area contributed by atoms with Gasteiger partial charge in [-0.1, -0.05) is 24.3 Å². The summed E-state index contributed by atoms with van der Waals surface area (Å²) < 4.78 is 0. The molecule has 3 rings (SSSR count). The highest BCUT2D eigenvalue weighted by atomic mass is 16.4. The molecule has 7 nitrogen and oxygen atoms in total. The zero-order chi connectivity index (χ0) is 17.3.